The third-order valence-electron chi connectivity index (χ3n) is 1.95. The summed E-state index contributed by atoms with van der Waals surface area (Å²) >= 11 is 0. The smallest absolute Gasteiger partial charge is 0.323 e. The van der Waals surface area contributed by atoms with E-state index in [1.807, 2.05) is 0 Å². The maximum atomic E-state index is 10.9. The molecule has 0 aromatic heterocycles. The van der Waals surface area contributed by atoms with E-state index in [1.165, 1.54) is 12.8 Å². The van der Waals surface area contributed by atoms with Crippen LogP contribution in [0, 0.1) is 0 Å². The number of nitrogens with one attached hydrogen (secondary N) is 1. The zero-order chi connectivity index (χ0) is 6.97. The SMILES string of the molecule is O=C1OCC[C@@H]1NC1CC1. The minimum Gasteiger partial charge on any atom is -0.464 e. The van der Waals surface area contributed by atoms with Crippen molar-refractivity contribution in [3.8, 4) is 0 Å². The Morgan fingerprint density at radius 1 is 1.40 bits per heavy atom. The van der Waals surface area contributed by atoms with Crippen LogP contribution in [0.3, 0.4) is 0 Å². The summed E-state index contributed by atoms with van der Waals surface area (Å²) in [6.45, 7) is 0.600. The van der Waals surface area contributed by atoms with Gasteiger partial charge in [-0.05, 0) is 12.8 Å². The summed E-state index contributed by atoms with van der Waals surface area (Å²) < 4.78 is 4.79. The van der Waals surface area contributed by atoms with Crippen LogP contribution in [0.2, 0.25) is 0 Å². The summed E-state index contributed by atoms with van der Waals surface area (Å²) in [6, 6.07) is 0.614. The second-order valence-corrected chi connectivity index (χ2v) is 2.95. The Balaban J connectivity index is 1.84. The van der Waals surface area contributed by atoms with Crippen LogP contribution >= 0.6 is 0 Å². The summed E-state index contributed by atoms with van der Waals surface area (Å²) in [6.07, 6.45) is 3.31. The molecule has 1 N–H and O–H groups in total. The van der Waals surface area contributed by atoms with Gasteiger partial charge in [0, 0.05) is 12.5 Å². The molecule has 0 spiro atoms. The van der Waals surface area contributed by atoms with Crippen LogP contribution in [0.4, 0.5) is 0 Å². The number of cyclic esters (lactones) is 1. The molecule has 1 saturated heterocycles. The Labute approximate surface area is 59.7 Å². The predicted octanol–water partition coefficient (Wildman–Crippen LogP) is 0.0539. The lowest BCUT2D eigenvalue weighted by atomic mass is 10.2. The molecule has 0 unspecified atom stereocenters. The van der Waals surface area contributed by atoms with E-state index in [4.69, 9.17) is 4.74 Å². The topological polar surface area (TPSA) is 38.3 Å². The van der Waals surface area contributed by atoms with E-state index >= 15 is 0 Å². The van der Waals surface area contributed by atoms with Gasteiger partial charge in [-0.25, -0.2) is 0 Å². The number of hydrogen-bond acceptors (Lipinski definition) is 3. The Bertz CT molecular complexity index is 154. The summed E-state index contributed by atoms with van der Waals surface area (Å²) in [5, 5.41) is 3.23. The van der Waals surface area contributed by atoms with E-state index in [0.29, 0.717) is 12.6 Å². The Morgan fingerprint density at radius 2 is 2.20 bits per heavy atom. The lowest BCUT2D eigenvalue weighted by Crippen LogP contribution is -2.34. The van der Waals surface area contributed by atoms with Gasteiger partial charge in [-0.2, -0.15) is 0 Å². The number of ether oxygens (including phenoxy) is 1. The molecule has 0 aromatic carbocycles. The monoisotopic (exact) mass is 141 g/mol. The van der Waals surface area contributed by atoms with Gasteiger partial charge in [-0.3, -0.25) is 4.79 Å². The Morgan fingerprint density at radius 3 is 2.70 bits per heavy atom. The van der Waals surface area contributed by atoms with Gasteiger partial charge in [-0.1, -0.05) is 0 Å². The highest BCUT2D eigenvalue weighted by molar-refractivity contribution is 5.77. The van der Waals surface area contributed by atoms with Crippen LogP contribution < -0.4 is 5.32 Å². The van der Waals surface area contributed by atoms with E-state index in [0.717, 1.165) is 6.42 Å². The summed E-state index contributed by atoms with van der Waals surface area (Å²) in [5.74, 6) is -0.0631. The van der Waals surface area contributed by atoms with Crippen molar-refractivity contribution in [1.29, 1.82) is 0 Å². The molecule has 0 aromatic rings. The molecule has 2 rings (SSSR count). The van der Waals surface area contributed by atoms with Gasteiger partial charge in [0.15, 0.2) is 0 Å². The number of carbonyl (C=O) groups excluding carboxylic acids is 1. The lowest BCUT2D eigenvalue weighted by molar-refractivity contribution is -0.139. The van der Waals surface area contributed by atoms with Crippen molar-refractivity contribution in [3.63, 3.8) is 0 Å². The van der Waals surface area contributed by atoms with Crippen molar-refractivity contribution in [2.24, 2.45) is 0 Å². The molecule has 1 atom stereocenters. The maximum absolute atomic E-state index is 10.9. The van der Waals surface area contributed by atoms with E-state index in [-0.39, 0.29) is 12.0 Å². The van der Waals surface area contributed by atoms with Gasteiger partial charge in [0.1, 0.15) is 6.04 Å². The second kappa shape index (κ2) is 2.23. The van der Waals surface area contributed by atoms with Crippen LogP contribution in [0.1, 0.15) is 19.3 Å². The fourth-order valence-corrected chi connectivity index (χ4v) is 1.18. The average Bonchev–Trinajstić information content (AvgIpc) is 2.62. The maximum Gasteiger partial charge on any atom is 0.323 e. The second-order valence-electron chi connectivity index (χ2n) is 2.95. The number of hydrogen-bond donors (Lipinski definition) is 1. The van der Waals surface area contributed by atoms with Crippen molar-refractivity contribution in [3.05, 3.63) is 0 Å². The molecule has 1 heterocycles. The molecule has 1 aliphatic heterocycles. The van der Waals surface area contributed by atoms with Gasteiger partial charge in [0.05, 0.1) is 6.61 Å². The van der Waals surface area contributed by atoms with Crippen molar-refractivity contribution in [2.75, 3.05) is 6.61 Å². The molecule has 10 heavy (non-hydrogen) atoms. The van der Waals surface area contributed by atoms with Crippen molar-refractivity contribution in [2.45, 2.75) is 31.3 Å². The lowest BCUT2D eigenvalue weighted by Gasteiger charge is -2.04. The number of esters is 1. The molecular weight excluding hydrogens is 130 g/mol. The van der Waals surface area contributed by atoms with Gasteiger partial charge < -0.3 is 10.1 Å². The van der Waals surface area contributed by atoms with Crippen molar-refractivity contribution in [1.82, 2.24) is 5.32 Å². The first-order valence-electron chi connectivity index (χ1n) is 3.79. The minimum absolute atomic E-state index is 0.00694. The van der Waals surface area contributed by atoms with E-state index in [9.17, 15) is 4.79 Å². The fraction of sp³-hybridized carbons (Fsp3) is 0.857. The Kier molecular flexibility index (Phi) is 1.38. The molecule has 3 heteroatoms. The van der Waals surface area contributed by atoms with Gasteiger partial charge >= 0.3 is 5.97 Å². The van der Waals surface area contributed by atoms with Gasteiger partial charge in [-0.15, -0.1) is 0 Å². The highest BCUT2D eigenvalue weighted by Crippen LogP contribution is 2.21. The zero-order valence-electron chi connectivity index (χ0n) is 5.80. The van der Waals surface area contributed by atoms with Crippen LogP contribution in [0.25, 0.3) is 0 Å². The molecule has 56 valence electrons. The molecule has 1 saturated carbocycles. The standard InChI is InChI=1S/C7H11NO2/c9-7-6(3-4-10-7)8-5-1-2-5/h5-6,8H,1-4H2/t6-/m0/s1. The van der Waals surface area contributed by atoms with E-state index < -0.39 is 0 Å². The third kappa shape index (κ3) is 1.14. The quantitative estimate of drug-likeness (QED) is 0.552. The van der Waals surface area contributed by atoms with Crippen LogP contribution in [-0.2, 0) is 9.53 Å². The zero-order valence-corrected chi connectivity index (χ0v) is 5.80. The number of carbonyl (C=O) groups is 1. The van der Waals surface area contributed by atoms with Crippen molar-refractivity contribution < 1.29 is 9.53 Å². The first-order chi connectivity index (χ1) is 4.86. The normalized spacial score (nSPS) is 32.4. The van der Waals surface area contributed by atoms with E-state index in [1.54, 1.807) is 0 Å². The van der Waals surface area contributed by atoms with Crippen LogP contribution in [-0.4, -0.2) is 24.7 Å². The van der Waals surface area contributed by atoms with Gasteiger partial charge in [0.2, 0.25) is 0 Å². The first-order valence-corrected chi connectivity index (χ1v) is 3.79. The third-order valence-corrected chi connectivity index (χ3v) is 1.95. The van der Waals surface area contributed by atoms with E-state index in [2.05, 4.69) is 5.32 Å². The predicted molar refractivity (Wildman–Crippen MR) is 35.5 cm³/mol. The molecule has 0 amide bonds. The highest BCUT2D eigenvalue weighted by atomic mass is 16.5. The first kappa shape index (κ1) is 6.16. The molecule has 2 aliphatic rings. The fourth-order valence-electron chi connectivity index (χ4n) is 1.18. The van der Waals surface area contributed by atoms with Crippen LogP contribution in [0.15, 0.2) is 0 Å². The minimum atomic E-state index is -0.0631. The van der Waals surface area contributed by atoms with Crippen molar-refractivity contribution >= 4 is 5.97 Å². The molecule has 0 radical (unpaired) electrons. The van der Waals surface area contributed by atoms with Gasteiger partial charge in [0.25, 0.3) is 0 Å². The molecule has 0 bridgehead atoms. The highest BCUT2D eigenvalue weighted by Gasteiger charge is 2.32. The average molecular weight is 141 g/mol. The van der Waals surface area contributed by atoms with Crippen LogP contribution in [0.5, 0.6) is 0 Å². The molecule has 2 fully saturated rings. The Hall–Kier alpha value is -0.570. The molecule has 3 nitrogen and oxygen atoms in total. The molecule has 1 aliphatic carbocycles. The largest absolute Gasteiger partial charge is 0.464 e. The molecular formula is C7H11NO2. The summed E-state index contributed by atoms with van der Waals surface area (Å²) in [7, 11) is 0. The summed E-state index contributed by atoms with van der Waals surface area (Å²) in [5.41, 5.74) is 0. The number of rotatable bonds is 2. The summed E-state index contributed by atoms with van der Waals surface area (Å²) in [4.78, 5) is 10.9.